The van der Waals surface area contributed by atoms with Crippen molar-refractivity contribution in [3.05, 3.63) is 52.2 Å². The van der Waals surface area contributed by atoms with Gasteiger partial charge in [-0.05, 0) is 50.3 Å². The summed E-state index contributed by atoms with van der Waals surface area (Å²) in [5.74, 6) is 0.663. The van der Waals surface area contributed by atoms with E-state index in [9.17, 15) is 10.1 Å². The number of rotatable bonds is 6. The van der Waals surface area contributed by atoms with Crippen LogP contribution in [0.15, 0.2) is 29.3 Å². The van der Waals surface area contributed by atoms with Crippen LogP contribution in [0.25, 0.3) is 0 Å². The maximum Gasteiger partial charge on any atom is 0.233 e. The lowest BCUT2D eigenvalue weighted by molar-refractivity contribution is -0.120. The third-order valence-corrected chi connectivity index (χ3v) is 5.97. The highest BCUT2D eigenvalue weighted by atomic mass is 32.2. The maximum absolute atomic E-state index is 12.6. The van der Waals surface area contributed by atoms with Crippen LogP contribution in [-0.2, 0) is 24.2 Å². The number of aryl methyl sites for hydroxylation is 1. The molecule has 1 N–H and O–H groups in total. The monoisotopic (exact) mass is 381 g/mol. The van der Waals surface area contributed by atoms with Crippen LogP contribution >= 0.6 is 11.8 Å². The average molecular weight is 382 g/mol. The van der Waals surface area contributed by atoms with Crippen molar-refractivity contribution in [2.75, 3.05) is 7.11 Å². The first-order valence-electron chi connectivity index (χ1n) is 9.03. The second-order valence-corrected chi connectivity index (χ2v) is 7.93. The number of benzene rings is 1. The summed E-state index contributed by atoms with van der Waals surface area (Å²) in [5, 5.41) is 12.8. The Morgan fingerprint density at radius 2 is 2.19 bits per heavy atom. The number of thioether (sulfide) groups is 1. The maximum atomic E-state index is 12.6. The summed E-state index contributed by atoms with van der Waals surface area (Å²) >= 11 is 1.35. The van der Waals surface area contributed by atoms with E-state index in [1.807, 2.05) is 38.1 Å². The molecule has 0 spiro atoms. The average Bonchev–Trinajstić information content (AvgIpc) is 3.15. The molecule has 0 bridgehead atoms. The number of carbonyl (C=O) groups is 1. The molecular weight excluding hydrogens is 358 g/mol. The number of amides is 1. The predicted molar refractivity (Wildman–Crippen MR) is 106 cm³/mol. The van der Waals surface area contributed by atoms with E-state index in [0.717, 1.165) is 41.8 Å². The van der Waals surface area contributed by atoms with Crippen molar-refractivity contribution in [1.82, 2.24) is 10.3 Å². The van der Waals surface area contributed by atoms with Gasteiger partial charge >= 0.3 is 0 Å². The van der Waals surface area contributed by atoms with E-state index >= 15 is 0 Å². The molecule has 0 saturated heterocycles. The summed E-state index contributed by atoms with van der Waals surface area (Å²) in [4.78, 5) is 17.2. The number of methoxy groups -OCH3 is 1. The molecule has 1 amide bonds. The number of hydrogen-bond acceptors (Lipinski definition) is 5. The number of ether oxygens (including phenoxy) is 1. The van der Waals surface area contributed by atoms with Crippen molar-refractivity contribution in [1.29, 1.82) is 5.26 Å². The second kappa shape index (κ2) is 8.45. The zero-order valence-corrected chi connectivity index (χ0v) is 16.7. The SMILES string of the molecule is COc1ccccc1CNC(=O)C(C)Sc1nc2c(c(C)c1C#N)CCC2. The van der Waals surface area contributed by atoms with E-state index in [4.69, 9.17) is 9.72 Å². The Kier molecular flexibility index (Phi) is 6.02. The Hall–Kier alpha value is -2.52. The summed E-state index contributed by atoms with van der Waals surface area (Å²) < 4.78 is 5.32. The number of para-hydroxylation sites is 1. The Labute approximate surface area is 164 Å². The number of carbonyl (C=O) groups excluding carboxylic acids is 1. The zero-order chi connectivity index (χ0) is 19.4. The van der Waals surface area contributed by atoms with Crippen molar-refractivity contribution in [3.63, 3.8) is 0 Å². The van der Waals surface area contributed by atoms with Gasteiger partial charge in [0.2, 0.25) is 5.91 Å². The molecule has 1 aliphatic carbocycles. The van der Waals surface area contributed by atoms with E-state index < -0.39 is 0 Å². The molecule has 1 unspecified atom stereocenters. The van der Waals surface area contributed by atoms with Gasteiger partial charge in [0.25, 0.3) is 0 Å². The molecule has 3 rings (SSSR count). The van der Waals surface area contributed by atoms with Gasteiger partial charge in [-0.25, -0.2) is 4.98 Å². The fourth-order valence-electron chi connectivity index (χ4n) is 3.36. The molecule has 27 heavy (non-hydrogen) atoms. The fourth-order valence-corrected chi connectivity index (χ4v) is 4.36. The number of hydrogen-bond donors (Lipinski definition) is 1. The fraction of sp³-hybridized carbons (Fsp3) is 0.381. The molecule has 1 aromatic heterocycles. The van der Waals surface area contributed by atoms with Crippen LogP contribution in [0.1, 0.15) is 41.3 Å². The van der Waals surface area contributed by atoms with Gasteiger partial charge < -0.3 is 10.1 Å². The van der Waals surface area contributed by atoms with Gasteiger partial charge in [0.1, 0.15) is 16.8 Å². The number of nitriles is 1. The van der Waals surface area contributed by atoms with Crippen molar-refractivity contribution in [2.45, 2.75) is 49.9 Å². The Bertz CT molecular complexity index is 905. The molecule has 0 aliphatic heterocycles. The standard InChI is InChI=1S/C21H23N3O2S/c1-13-16-8-6-9-18(16)24-21(17(13)11-22)27-14(2)20(25)23-12-15-7-4-5-10-19(15)26-3/h4-5,7,10,14H,6,8-9,12H2,1-3H3,(H,23,25). The van der Waals surface area contributed by atoms with Crippen LogP contribution in [0.3, 0.4) is 0 Å². The highest BCUT2D eigenvalue weighted by Gasteiger charge is 2.24. The Morgan fingerprint density at radius 3 is 2.93 bits per heavy atom. The molecule has 1 aliphatic rings. The second-order valence-electron chi connectivity index (χ2n) is 6.60. The first-order chi connectivity index (χ1) is 13.0. The topological polar surface area (TPSA) is 75.0 Å². The lowest BCUT2D eigenvalue weighted by atomic mass is 10.0. The van der Waals surface area contributed by atoms with E-state index in [-0.39, 0.29) is 11.2 Å². The lowest BCUT2D eigenvalue weighted by Gasteiger charge is -2.15. The normalized spacial score (nSPS) is 13.6. The molecule has 0 fully saturated rings. The van der Waals surface area contributed by atoms with E-state index in [0.29, 0.717) is 17.1 Å². The van der Waals surface area contributed by atoms with E-state index in [2.05, 4.69) is 11.4 Å². The molecule has 0 radical (unpaired) electrons. The van der Waals surface area contributed by atoms with Gasteiger partial charge in [-0.2, -0.15) is 5.26 Å². The largest absolute Gasteiger partial charge is 0.496 e. The first-order valence-corrected chi connectivity index (χ1v) is 9.91. The van der Waals surface area contributed by atoms with Gasteiger partial charge in [-0.3, -0.25) is 4.79 Å². The summed E-state index contributed by atoms with van der Waals surface area (Å²) in [6, 6.07) is 9.89. The summed E-state index contributed by atoms with van der Waals surface area (Å²) in [6.07, 6.45) is 3.02. The predicted octanol–water partition coefficient (Wildman–Crippen LogP) is 3.56. The van der Waals surface area contributed by atoms with Crippen molar-refractivity contribution < 1.29 is 9.53 Å². The summed E-state index contributed by atoms with van der Waals surface area (Å²) in [5.41, 5.74) is 4.84. The van der Waals surface area contributed by atoms with Gasteiger partial charge in [0.15, 0.2) is 0 Å². The molecule has 0 saturated carbocycles. The lowest BCUT2D eigenvalue weighted by Crippen LogP contribution is -2.30. The molecule has 1 atom stereocenters. The summed E-state index contributed by atoms with van der Waals surface area (Å²) in [7, 11) is 1.62. The number of nitrogens with zero attached hydrogens (tertiary/aromatic N) is 2. The minimum absolute atomic E-state index is 0.0882. The highest BCUT2D eigenvalue weighted by Crippen LogP contribution is 2.33. The molecule has 1 aromatic carbocycles. The molecular formula is C21H23N3O2S. The highest BCUT2D eigenvalue weighted by molar-refractivity contribution is 8.00. The molecule has 140 valence electrons. The van der Waals surface area contributed by atoms with Crippen molar-refractivity contribution in [2.24, 2.45) is 0 Å². The Morgan fingerprint density at radius 1 is 1.41 bits per heavy atom. The van der Waals surface area contributed by atoms with E-state index in [1.54, 1.807) is 7.11 Å². The van der Waals surface area contributed by atoms with Crippen LogP contribution in [0.5, 0.6) is 5.75 Å². The molecule has 5 nitrogen and oxygen atoms in total. The third-order valence-electron chi connectivity index (χ3n) is 4.88. The number of aromatic nitrogens is 1. The molecule has 6 heteroatoms. The number of fused-ring (bicyclic) bond motifs is 1. The quantitative estimate of drug-likeness (QED) is 0.775. The van der Waals surface area contributed by atoms with Crippen molar-refractivity contribution in [3.8, 4) is 11.8 Å². The summed E-state index contributed by atoms with van der Waals surface area (Å²) in [6.45, 7) is 4.23. The first kappa shape index (κ1) is 19.2. The Balaban J connectivity index is 1.70. The van der Waals surface area contributed by atoms with Gasteiger partial charge in [-0.15, -0.1) is 0 Å². The number of pyridine rings is 1. The van der Waals surface area contributed by atoms with Crippen LogP contribution in [-0.4, -0.2) is 23.3 Å². The number of nitrogens with one attached hydrogen (secondary N) is 1. The third kappa shape index (κ3) is 4.09. The molecule has 1 heterocycles. The minimum atomic E-state index is -0.349. The smallest absolute Gasteiger partial charge is 0.233 e. The molecule has 2 aromatic rings. The zero-order valence-electron chi connectivity index (χ0n) is 15.8. The van der Waals surface area contributed by atoms with E-state index in [1.165, 1.54) is 17.3 Å². The van der Waals surface area contributed by atoms with Crippen LogP contribution in [0.2, 0.25) is 0 Å². The van der Waals surface area contributed by atoms with Crippen LogP contribution in [0.4, 0.5) is 0 Å². The van der Waals surface area contributed by atoms with Gasteiger partial charge in [0.05, 0.1) is 17.9 Å². The van der Waals surface area contributed by atoms with Gasteiger partial charge in [0, 0.05) is 17.8 Å². The van der Waals surface area contributed by atoms with Crippen molar-refractivity contribution >= 4 is 17.7 Å². The van der Waals surface area contributed by atoms with Gasteiger partial charge in [-0.1, -0.05) is 30.0 Å². The van der Waals surface area contributed by atoms with Crippen LogP contribution < -0.4 is 10.1 Å². The van der Waals surface area contributed by atoms with Crippen LogP contribution in [0, 0.1) is 18.3 Å². The minimum Gasteiger partial charge on any atom is -0.496 e.